The van der Waals surface area contributed by atoms with E-state index in [0.29, 0.717) is 0 Å². The van der Waals surface area contributed by atoms with Crippen LogP contribution in [0.15, 0.2) is 24.4 Å². The Labute approximate surface area is 105 Å². The van der Waals surface area contributed by atoms with Crippen molar-refractivity contribution in [1.82, 2.24) is 10.3 Å². The fourth-order valence-electron chi connectivity index (χ4n) is 1.51. The summed E-state index contributed by atoms with van der Waals surface area (Å²) in [6.45, 7) is 9.04. The van der Waals surface area contributed by atoms with Gasteiger partial charge in [-0.3, -0.25) is 4.98 Å². The lowest BCUT2D eigenvalue weighted by Gasteiger charge is -2.13. The molecule has 0 radical (unpaired) electrons. The molecule has 3 heteroatoms. The summed E-state index contributed by atoms with van der Waals surface area (Å²) in [6, 6.07) is 6.27. The Morgan fingerprint density at radius 3 is 2.71 bits per heavy atom. The highest BCUT2D eigenvalue weighted by Gasteiger charge is 2.04. The molecule has 1 atom stereocenters. The van der Waals surface area contributed by atoms with Crippen molar-refractivity contribution in [3.8, 4) is 0 Å². The van der Waals surface area contributed by atoms with Crippen molar-refractivity contribution in [3.63, 3.8) is 0 Å². The quantitative estimate of drug-likeness (QED) is 0.705. The first-order chi connectivity index (χ1) is 8.20. The molecule has 0 fully saturated rings. The molecule has 1 aromatic rings. The second kappa shape index (κ2) is 8.20. The molecule has 0 saturated heterocycles. The standard InChI is InChI=1S/C14H24N2O/c1-12(2)7-10-17-11-9-15-13(3)14-6-4-5-8-16-14/h4-6,8,12-13,15H,7,9-11H2,1-3H3. The first-order valence-electron chi connectivity index (χ1n) is 6.42. The zero-order valence-electron chi connectivity index (χ0n) is 11.1. The molecule has 0 amide bonds. The van der Waals surface area contributed by atoms with E-state index in [9.17, 15) is 0 Å². The number of pyridine rings is 1. The SMILES string of the molecule is CC(C)CCOCCNC(C)c1ccccn1. The summed E-state index contributed by atoms with van der Waals surface area (Å²) in [5, 5.41) is 3.40. The number of nitrogens with zero attached hydrogens (tertiary/aromatic N) is 1. The van der Waals surface area contributed by atoms with E-state index in [-0.39, 0.29) is 6.04 Å². The van der Waals surface area contributed by atoms with Crippen molar-refractivity contribution in [2.24, 2.45) is 5.92 Å². The molecule has 1 aromatic heterocycles. The average molecular weight is 236 g/mol. The van der Waals surface area contributed by atoms with Crippen molar-refractivity contribution in [3.05, 3.63) is 30.1 Å². The van der Waals surface area contributed by atoms with Crippen molar-refractivity contribution in [2.75, 3.05) is 19.8 Å². The molecule has 0 aromatic carbocycles. The summed E-state index contributed by atoms with van der Waals surface area (Å²) in [7, 11) is 0. The molecule has 0 aliphatic carbocycles. The number of hydrogen-bond donors (Lipinski definition) is 1. The third-order valence-corrected chi connectivity index (χ3v) is 2.67. The first-order valence-corrected chi connectivity index (χ1v) is 6.42. The average Bonchev–Trinajstić information content (AvgIpc) is 2.34. The lowest BCUT2D eigenvalue weighted by molar-refractivity contribution is 0.123. The lowest BCUT2D eigenvalue weighted by atomic mass is 10.1. The summed E-state index contributed by atoms with van der Waals surface area (Å²) in [5.74, 6) is 0.718. The van der Waals surface area contributed by atoms with E-state index < -0.39 is 0 Å². The zero-order valence-corrected chi connectivity index (χ0v) is 11.1. The first kappa shape index (κ1) is 14.1. The number of hydrogen-bond acceptors (Lipinski definition) is 3. The van der Waals surface area contributed by atoms with E-state index in [1.807, 2.05) is 24.4 Å². The minimum Gasteiger partial charge on any atom is -0.380 e. The number of ether oxygens (including phenoxy) is 1. The van der Waals surface area contributed by atoms with Gasteiger partial charge in [-0.25, -0.2) is 0 Å². The Balaban J connectivity index is 2.07. The van der Waals surface area contributed by atoms with Crippen LogP contribution in [0.4, 0.5) is 0 Å². The molecule has 0 spiro atoms. The minimum atomic E-state index is 0.282. The molecule has 1 heterocycles. The van der Waals surface area contributed by atoms with E-state index in [4.69, 9.17) is 4.74 Å². The zero-order chi connectivity index (χ0) is 12.5. The summed E-state index contributed by atoms with van der Waals surface area (Å²) in [5.41, 5.74) is 1.08. The Bertz CT molecular complexity index is 288. The van der Waals surface area contributed by atoms with Crippen molar-refractivity contribution < 1.29 is 4.74 Å². The summed E-state index contributed by atoms with van der Waals surface area (Å²) in [4.78, 5) is 4.31. The second-order valence-electron chi connectivity index (χ2n) is 4.73. The van der Waals surface area contributed by atoms with Gasteiger partial charge in [0, 0.05) is 25.4 Å². The van der Waals surface area contributed by atoms with Crippen LogP contribution in [0.25, 0.3) is 0 Å². The van der Waals surface area contributed by atoms with Crippen molar-refractivity contribution >= 4 is 0 Å². The molecular formula is C14H24N2O. The van der Waals surface area contributed by atoms with Crippen LogP contribution in [0.5, 0.6) is 0 Å². The van der Waals surface area contributed by atoms with Gasteiger partial charge in [0.05, 0.1) is 12.3 Å². The largest absolute Gasteiger partial charge is 0.380 e. The molecular weight excluding hydrogens is 212 g/mol. The third-order valence-electron chi connectivity index (χ3n) is 2.67. The van der Waals surface area contributed by atoms with E-state index in [1.54, 1.807) is 0 Å². The van der Waals surface area contributed by atoms with Gasteiger partial charge >= 0.3 is 0 Å². The number of rotatable bonds is 8. The highest BCUT2D eigenvalue weighted by atomic mass is 16.5. The molecule has 17 heavy (non-hydrogen) atoms. The van der Waals surface area contributed by atoms with Gasteiger partial charge in [0.1, 0.15) is 0 Å². The van der Waals surface area contributed by atoms with Gasteiger partial charge < -0.3 is 10.1 Å². The highest BCUT2D eigenvalue weighted by Crippen LogP contribution is 2.06. The fraction of sp³-hybridized carbons (Fsp3) is 0.643. The Morgan fingerprint density at radius 1 is 1.24 bits per heavy atom. The predicted molar refractivity (Wildman–Crippen MR) is 70.9 cm³/mol. The van der Waals surface area contributed by atoms with E-state index in [1.165, 1.54) is 0 Å². The highest BCUT2D eigenvalue weighted by molar-refractivity contribution is 5.07. The molecule has 1 rings (SSSR count). The topological polar surface area (TPSA) is 34.1 Å². The third kappa shape index (κ3) is 6.39. The Kier molecular flexibility index (Phi) is 6.82. The summed E-state index contributed by atoms with van der Waals surface area (Å²) in [6.07, 6.45) is 2.96. The molecule has 0 aliphatic heterocycles. The van der Waals surface area contributed by atoms with Crippen LogP contribution in [0.2, 0.25) is 0 Å². The molecule has 1 N–H and O–H groups in total. The van der Waals surface area contributed by atoms with Gasteiger partial charge in [0.2, 0.25) is 0 Å². The van der Waals surface area contributed by atoms with Crippen LogP contribution in [0.1, 0.15) is 38.9 Å². The smallest absolute Gasteiger partial charge is 0.0591 e. The monoisotopic (exact) mass is 236 g/mol. The van der Waals surface area contributed by atoms with Gasteiger partial charge in [-0.15, -0.1) is 0 Å². The number of aromatic nitrogens is 1. The van der Waals surface area contributed by atoms with Crippen LogP contribution >= 0.6 is 0 Å². The molecule has 96 valence electrons. The van der Waals surface area contributed by atoms with E-state index in [0.717, 1.165) is 37.8 Å². The Morgan fingerprint density at radius 2 is 2.06 bits per heavy atom. The van der Waals surface area contributed by atoms with Crippen LogP contribution < -0.4 is 5.32 Å². The summed E-state index contributed by atoms with van der Waals surface area (Å²) < 4.78 is 5.55. The van der Waals surface area contributed by atoms with Gasteiger partial charge in [-0.1, -0.05) is 19.9 Å². The second-order valence-corrected chi connectivity index (χ2v) is 4.73. The van der Waals surface area contributed by atoms with Crippen molar-refractivity contribution in [1.29, 1.82) is 0 Å². The van der Waals surface area contributed by atoms with Crippen LogP contribution in [0.3, 0.4) is 0 Å². The Hall–Kier alpha value is -0.930. The summed E-state index contributed by atoms with van der Waals surface area (Å²) >= 11 is 0. The van der Waals surface area contributed by atoms with Gasteiger partial charge in [0.15, 0.2) is 0 Å². The van der Waals surface area contributed by atoms with Crippen LogP contribution in [-0.2, 0) is 4.74 Å². The normalized spacial score (nSPS) is 12.9. The van der Waals surface area contributed by atoms with Crippen molar-refractivity contribution in [2.45, 2.75) is 33.2 Å². The van der Waals surface area contributed by atoms with Gasteiger partial charge in [-0.05, 0) is 31.4 Å². The maximum absolute atomic E-state index is 5.55. The molecule has 0 bridgehead atoms. The maximum Gasteiger partial charge on any atom is 0.0591 e. The lowest BCUT2D eigenvalue weighted by Crippen LogP contribution is -2.24. The molecule has 1 unspecified atom stereocenters. The van der Waals surface area contributed by atoms with E-state index in [2.05, 4.69) is 31.1 Å². The van der Waals surface area contributed by atoms with E-state index >= 15 is 0 Å². The van der Waals surface area contributed by atoms with Crippen LogP contribution in [0, 0.1) is 5.92 Å². The van der Waals surface area contributed by atoms with Gasteiger partial charge in [0.25, 0.3) is 0 Å². The molecule has 0 saturated carbocycles. The van der Waals surface area contributed by atoms with Crippen LogP contribution in [-0.4, -0.2) is 24.7 Å². The minimum absolute atomic E-state index is 0.282. The fourth-order valence-corrected chi connectivity index (χ4v) is 1.51. The predicted octanol–water partition coefficient (Wildman–Crippen LogP) is 2.79. The molecule has 3 nitrogen and oxygen atoms in total. The maximum atomic E-state index is 5.55. The van der Waals surface area contributed by atoms with Gasteiger partial charge in [-0.2, -0.15) is 0 Å². The molecule has 0 aliphatic rings. The number of nitrogens with one attached hydrogen (secondary N) is 1.